The second kappa shape index (κ2) is 8.90. The summed E-state index contributed by atoms with van der Waals surface area (Å²) in [5, 5.41) is 9.06. The summed E-state index contributed by atoms with van der Waals surface area (Å²) in [7, 11) is -2.08. The normalized spacial score (nSPS) is 10.3. The molecule has 0 unspecified atom stereocenters. The molecular formula is C16H18O7S. The highest BCUT2D eigenvalue weighted by Crippen LogP contribution is 2.22. The molecule has 8 heteroatoms. The van der Waals surface area contributed by atoms with E-state index in [4.69, 9.17) is 19.1 Å². The molecule has 0 aromatic heterocycles. The predicted octanol–water partition coefficient (Wildman–Crippen LogP) is 2.48. The van der Waals surface area contributed by atoms with Crippen molar-refractivity contribution >= 4 is 16.1 Å². The van der Waals surface area contributed by atoms with Crippen molar-refractivity contribution in [3.8, 4) is 11.5 Å². The predicted molar refractivity (Wildman–Crippen MR) is 88.2 cm³/mol. The number of carbonyl (C=O) groups is 1. The van der Waals surface area contributed by atoms with E-state index in [1.54, 1.807) is 25.3 Å². The van der Waals surface area contributed by atoms with Gasteiger partial charge in [-0.05, 0) is 18.2 Å². The third kappa shape index (κ3) is 7.12. The zero-order valence-corrected chi connectivity index (χ0v) is 14.0. The molecule has 24 heavy (non-hydrogen) atoms. The van der Waals surface area contributed by atoms with E-state index in [1.165, 1.54) is 6.07 Å². The summed E-state index contributed by atoms with van der Waals surface area (Å²) in [5.41, 5.74) is 1.02. The number of para-hydroxylation sites is 2. The number of rotatable bonds is 5. The molecule has 2 aromatic carbocycles. The van der Waals surface area contributed by atoms with Crippen molar-refractivity contribution in [1.29, 1.82) is 0 Å². The fourth-order valence-electron chi connectivity index (χ4n) is 1.75. The quantitative estimate of drug-likeness (QED) is 0.794. The van der Waals surface area contributed by atoms with Crippen LogP contribution >= 0.6 is 0 Å². The van der Waals surface area contributed by atoms with Gasteiger partial charge in [0, 0.05) is 5.56 Å². The molecule has 0 atom stereocenters. The van der Waals surface area contributed by atoms with Gasteiger partial charge in [0.15, 0.2) is 0 Å². The van der Waals surface area contributed by atoms with Crippen LogP contribution in [-0.4, -0.2) is 37.4 Å². The lowest BCUT2D eigenvalue weighted by molar-refractivity contribution is 0.0691. The molecule has 2 rings (SSSR count). The number of benzene rings is 2. The zero-order chi connectivity index (χ0) is 18.2. The van der Waals surface area contributed by atoms with E-state index < -0.39 is 16.1 Å². The van der Waals surface area contributed by atoms with Crippen LogP contribution in [0, 0.1) is 0 Å². The standard InChI is InChI=1S/C15H14O4.CH4O3S/c1-18-13-8-4-2-6-11(13)10-19-14-9-5-3-7-12(14)15(16)17;1-5(2,3)4/h2-9H,10H2,1H3,(H,16,17);1H3,(H,2,3,4). The van der Waals surface area contributed by atoms with Gasteiger partial charge in [0.05, 0.1) is 13.4 Å². The summed E-state index contributed by atoms with van der Waals surface area (Å²) in [6.07, 6.45) is 0.715. The van der Waals surface area contributed by atoms with Crippen LogP contribution in [0.2, 0.25) is 0 Å². The zero-order valence-electron chi connectivity index (χ0n) is 13.2. The lowest BCUT2D eigenvalue weighted by Gasteiger charge is -2.11. The molecule has 0 bridgehead atoms. The van der Waals surface area contributed by atoms with Gasteiger partial charge in [0.2, 0.25) is 0 Å². The van der Waals surface area contributed by atoms with Gasteiger partial charge < -0.3 is 14.6 Å². The minimum atomic E-state index is -3.67. The van der Waals surface area contributed by atoms with Crippen LogP contribution in [0.1, 0.15) is 15.9 Å². The molecule has 0 saturated heterocycles. The first-order valence-corrected chi connectivity index (χ1v) is 8.56. The second-order valence-electron chi connectivity index (χ2n) is 4.63. The molecule has 0 heterocycles. The molecule has 0 aliphatic heterocycles. The average molecular weight is 354 g/mol. The van der Waals surface area contributed by atoms with Crippen LogP contribution in [0.5, 0.6) is 11.5 Å². The molecule has 0 aliphatic carbocycles. The lowest BCUT2D eigenvalue weighted by Crippen LogP contribution is -2.04. The molecule has 2 N–H and O–H groups in total. The Morgan fingerprint density at radius 2 is 1.54 bits per heavy atom. The Kier molecular flexibility index (Phi) is 7.22. The van der Waals surface area contributed by atoms with Crippen molar-refractivity contribution < 1.29 is 32.3 Å². The Labute approximate surface area is 140 Å². The highest BCUT2D eigenvalue weighted by atomic mass is 32.2. The monoisotopic (exact) mass is 354 g/mol. The molecule has 0 radical (unpaired) electrons. The molecule has 0 saturated carbocycles. The third-order valence-electron chi connectivity index (χ3n) is 2.69. The van der Waals surface area contributed by atoms with Crippen molar-refractivity contribution in [2.75, 3.05) is 13.4 Å². The molecule has 2 aromatic rings. The molecule has 7 nitrogen and oxygen atoms in total. The molecule has 0 fully saturated rings. The number of ether oxygens (including phenoxy) is 2. The van der Waals surface area contributed by atoms with Gasteiger partial charge in [-0.3, -0.25) is 4.55 Å². The Balaban J connectivity index is 0.000000505. The summed E-state index contributed by atoms with van der Waals surface area (Å²) < 4.78 is 36.6. The number of hydrogen-bond acceptors (Lipinski definition) is 5. The van der Waals surface area contributed by atoms with Gasteiger partial charge in [-0.25, -0.2) is 4.79 Å². The topological polar surface area (TPSA) is 110 Å². The SMILES string of the molecule is COc1ccccc1COc1ccccc1C(=O)O.CS(=O)(=O)O. The smallest absolute Gasteiger partial charge is 0.339 e. The maximum absolute atomic E-state index is 11.1. The minimum absolute atomic E-state index is 0.150. The molecule has 0 spiro atoms. The summed E-state index contributed by atoms with van der Waals surface area (Å²) in [5.74, 6) is 0.0619. The van der Waals surface area contributed by atoms with Crippen LogP contribution in [0.3, 0.4) is 0 Å². The van der Waals surface area contributed by atoms with E-state index in [0.717, 1.165) is 11.3 Å². The number of methoxy groups -OCH3 is 1. The summed E-state index contributed by atoms with van der Waals surface area (Å²) in [6.45, 7) is 0.258. The van der Waals surface area contributed by atoms with Crippen molar-refractivity contribution in [1.82, 2.24) is 0 Å². The van der Waals surface area contributed by atoms with Crippen molar-refractivity contribution in [3.05, 3.63) is 59.7 Å². The Bertz CT molecular complexity index is 777. The van der Waals surface area contributed by atoms with Gasteiger partial charge in [-0.15, -0.1) is 0 Å². The minimum Gasteiger partial charge on any atom is -0.496 e. The first kappa shape index (κ1) is 19.5. The molecule has 130 valence electrons. The van der Waals surface area contributed by atoms with Gasteiger partial charge in [0.25, 0.3) is 10.1 Å². The van der Waals surface area contributed by atoms with Crippen molar-refractivity contribution in [3.63, 3.8) is 0 Å². The second-order valence-corrected chi connectivity index (χ2v) is 6.10. The maximum atomic E-state index is 11.1. The maximum Gasteiger partial charge on any atom is 0.339 e. The van der Waals surface area contributed by atoms with Crippen LogP contribution in [-0.2, 0) is 16.7 Å². The van der Waals surface area contributed by atoms with Crippen LogP contribution < -0.4 is 9.47 Å². The third-order valence-corrected chi connectivity index (χ3v) is 2.69. The molecule has 0 amide bonds. The van der Waals surface area contributed by atoms with E-state index in [0.29, 0.717) is 12.0 Å². The van der Waals surface area contributed by atoms with E-state index in [9.17, 15) is 13.2 Å². The Morgan fingerprint density at radius 1 is 1.04 bits per heavy atom. The van der Waals surface area contributed by atoms with Gasteiger partial charge >= 0.3 is 5.97 Å². The van der Waals surface area contributed by atoms with E-state index in [-0.39, 0.29) is 12.2 Å². The summed E-state index contributed by atoms with van der Waals surface area (Å²) in [6, 6.07) is 14.0. The van der Waals surface area contributed by atoms with Crippen LogP contribution in [0.4, 0.5) is 0 Å². The summed E-state index contributed by atoms with van der Waals surface area (Å²) >= 11 is 0. The Hall–Kier alpha value is -2.58. The largest absolute Gasteiger partial charge is 0.496 e. The fourth-order valence-corrected chi connectivity index (χ4v) is 1.75. The first-order valence-electron chi connectivity index (χ1n) is 6.72. The summed E-state index contributed by atoms with van der Waals surface area (Å²) in [4.78, 5) is 11.1. The van der Waals surface area contributed by atoms with Gasteiger partial charge in [-0.2, -0.15) is 8.42 Å². The van der Waals surface area contributed by atoms with Crippen LogP contribution in [0.25, 0.3) is 0 Å². The van der Waals surface area contributed by atoms with E-state index in [1.807, 2.05) is 24.3 Å². The molecule has 0 aliphatic rings. The average Bonchev–Trinajstić information content (AvgIpc) is 2.51. The number of hydrogen-bond donors (Lipinski definition) is 2. The Morgan fingerprint density at radius 3 is 2.08 bits per heavy atom. The van der Waals surface area contributed by atoms with Gasteiger partial charge in [-0.1, -0.05) is 30.3 Å². The van der Waals surface area contributed by atoms with Crippen molar-refractivity contribution in [2.45, 2.75) is 6.61 Å². The lowest BCUT2D eigenvalue weighted by atomic mass is 10.2. The van der Waals surface area contributed by atoms with E-state index in [2.05, 4.69) is 0 Å². The van der Waals surface area contributed by atoms with E-state index >= 15 is 0 Å². The number of carboxylic acid groups (broad SMARTS) is 1. The number of aromatic carboxylic acids is 1. The number of carboxylic acids is 1. The van der Waals surface area contributed by atoms with Gasteiger partial charge in [0.1, 0.15) is 23.7 Å². The highest BCUT2D eigenvalue weighted by Gasteiger charge is 2.11. The fraction of sp³-hybridized carbons (Fsp3) is 0.188. The highest BCUT2D eigenvalue weighted by molar-refractivity contribution is 7.85. The first-order chi connectivity index (χ1) is 11.2. The molecular weight excluding hydrogens is 336 g/mol. The van der Waals surface area contributed by atoms with Crippen LogP contribution in [0.15, 0.2) is 48.5 Å². The van der Waals surface area contributed by atoms with Crippen molar-refractivity contribution in [2.24, 2.45) is 0 Å².